The molecule has 3 aromatic rings. The Labute approximate surface area is 300 Å². The second kappa shape index (κ2) is 15.6. The molecule has 3 heterocycles. The highest BCUT2D eigenvalue weighted by Crippen LogP contribution is 2.42. The maximum Gasteiger partial charge on any atom is 0.586 e. The maximum absolute atomic E-state index is 13.9. The van der Waals surface area contributed by atoms with E-state index in [4.69, 9.17) is 24.2 Å². The molecule has 1 amide bonds. The minimum atomic E-state index is -4.37. The molecule has 2 N–H and O–H groups in total. The van der Waals surface area contributed by atoms with Gasteiger partial charge in [-0.3, -0.25) is 0 Å². The molecular formula is C36H39F2N3O10S. The fourth-order valence-electron chi connectivity index (χ4n) is 6.28. The van der Waals surface area contributed by atoms with Crippen LogP contribution in [0.1, 0.15) is 37.0 Å². The number of nitrogens with zero attached hydrogens (tertiary/aromatic N) is 2. The lowest BCUT2D eigenvalue weighted by atomic mass is 10.0. The standard InChI is InChI=1S/C36H39F2N3O10S/c1-22(2)18-41(52(44,45)27-10-11-31-32(16-27)51-36(37,38)50-31)19-30(42)29(40-35(43)49-33-21-48-34-28(33)12-13-46-34)15-23-6-8-26(9-7-23)47-20-25-5-3-4-24(14-25)17-39/h3-11,14,16,22,28-30,33-34,42H,12-13,15,18-21H2,1-2H3,(H,40,43). The molecule has 0 bridgehead atoms. The van der Waals surface area contributed by atoms with Crippen molar-refractivity contribution in [1.82, 2.24) is 9.62 Å². The number of alkyl halides is 2. The summed E-state index contributed by atoms with van der Waals surface area (Å²) < 4.78 is 87.8. The van der Waals surface area contributed by atoms with Crippen molar-refractivity contribution >= 4 is 16.1 Å². The highest BCUT2D eigenvalue weighted by atomic mass is 32.2. The molecule has 6 rings (SSSR count). The van der Waals surface area contributed by atoms with E-state index >= 15 is 0 Å². The quantitative estimate of drug-likeness (QED) is 0.238. The van der Waals surface area contributed by atoms with Crippen molar-refractivity contribution in [3.63, 3.8) is 0 Å². The molecular weight excluding hydrogens is 704 g/mol. The van der Waals surface area contributed by atoms with Gasteiger partial charge in [-0.25, -0.2) is 13.2 Å². The average Bonchev–Trinajstić information content (AvgIpc) is 3.81. The predicted octanol–water partition coefficient (Wildman–Crippen LogP) is 4.57. The number of benzene rings is 3. The minimum absolute atomic E-state index is 0.0348. The fourth-order valence-corrected chi connectivity index (χ4v) is 7.92. The number of aliphatic hydroxyl groups excluding tert-OH is 1. The van der Waals surface area contributed by atoms with Crippen LogP contribution in [-0.2, 0) is 37.3 Å². The van der Waals surface area contributed by atoms with Gasteiger partial charge in [-0.2, -0.15) is 9.57 Å². The molecule has 2 saturated heterocycles. The summed E-state index contributed by atoms with van der Waals surface area (Å²) in [6, 6.07) is 18.2. The number of nitrogens with one attached hydrogen (secondary N) is 1. The Balaban J connectivity index is 1.19. The second-order valence-corrected chi connectivity index (χ2v) is 15.2. The van der Waals surface area contributed by atoms with Gasteiger partial charge in [0.25, 0.3) is 0 Å². The Kier molecular flexibility index (Phi) is 11.2. The van der Waals surface area contributed by atoms with Gasteiger partial charge in [0.05, 0.1) is 47.8 Å². The van der Waals surface area contributed by atoms with E-state index in [0.717, 1.165) is 28.1 Å². The third kappa shape index (κ3) is 8.91. The molecule has 3 aromatic carbocycles. The number of carbonyl (C=O) groups is 1. The zero-order valence-electron chi connectivity index (χ0n) is 28.4. The van der Waals surface area contributed by atoms with E-state index in [0.29, 0.717) is 29.9 Å². The number of halogens is 2. The Morgan fingerprint density at radius 3 is 2.58 bits per heavy atom. The lowest BCUT2D eigenvalue weighted by Gasteiger charge is -2.31. The number of sulfonamides is 1. The first kappa shape index (κ1) is 37.2. The summed E-state index contributed by atoms with van der Waals surface area (Å²) in [5, 5.41) is 23.5. The van der Waals surface area contributed by atoms with Crippen LogP contribution in [0, 0.1) is 23.2 Å². The van der Waals surface area contributed by atoms with E-state index in [1.807, 2.05) is 6.07 Å². The fraction of sp³-hybridized carbons (Fsp3) is 0.444. The van der Waals surface area contributed by atoms with Crippen molar-refractivity contribution < 1.29 is 55.5 Å². The lowest BCUT2D eigenvalue weighted by Crippen LogP contribution is -2.51. The summed E-state index contributed by atoms with van der Waals surface area (Å²) in [7, 11) is -4.37. The Morgan fingerprint density at radius 2 is 1.83 bits per heavy atom. The molecule has 0 saturated carbocycles. The molecule has 52 heavy (non-hydrogen) atoms. The third-order valence-electron chi connectivity index (χ3n) is 8.82. The number of ether oxygens (including phenoxy) is 6. The topological polar surface area (TPSA) is 166 Å². The van der Waals surface area contributed by atoms with E-state index in [-0.39, 0.29) is 48.7 Å². The first-order valence-corrected chi connectivity index (χ1v) is 18.2. The Hall–Kier alpha value is -4.53. The molecule has 13 nitrogen and oxygen atoms in total. The highest BCUT2D eigenvalue weighted by Gasteiger charge is 2.45. The number of carbonyl (C=O) groups excluding carboxylic acids is 1. The van der Waals surface area contributed by atoms with Crippen molar-refractivity contribution in [2.75, 3.05) is 26.3 Å². The molecule has 0 aliphatic carbocycles. The van der Waals surface area contributed by atoms with Crippen molar-refractivity contribution in [3.05, 3.63) is 83.4 Å². The van der Waals surface area contributed by atoms with Crippen molar-refractivity contribution in [2.45, 2.75) is 69.0 Å². The number of hydrogen-bond acceptors (Lipinski definition) is 11. The molecule has 3 aliphatic heterocycles. The van der Waals surface area contributed by atoms with Crippen LogP contribution in [0.25, 0.3) is 0 Å². The number of nitriles is 1. The van der Waals surface area contributed by atoms with Gasteiger partial charge >= 0.3 is 12.4 Å². The molecule has 16 heteroatoms. The molecule has 3 aliphatic rings. The molecule has 2 fully saturated rings. The van der Waals surface area contributed by atoms with Crippen molar-refractivity contribution in [3.8, 4) is 23.3 Å². The number of rotatable bonds is 14. The maximum atomic E-state index is 13.9. The monoisotopic (exact) mass is 743 g/mol. The Bertz CT molecular complexity index is 1890. The van der Waals surface area contributed by atoms with Crippen LogP contribution in [-0.4, -0.2) is 81.1 Å². The van der Waals surface area contributed by atoms with Crippen LogP contribution in [0.15, 0.2) is 71.6 Å². The minimum Gasteiger partial charge on any atom is -0.489 e. The van der Waals surface area contributed by atoms with Gasteiger partial charge in [0.1, 0.15) is 18.5 Å². The van der Waals surface area contributed by atoms with Gasteiger partial charge in [-0.15, -0.1) is 8.78 Å². The predicted molar refractivity (Wildman–Crippen MR) is 179 cm³/mol. The number of alkyl carbamates (subject to hydrolysis) is 1. The summed E-state index contributed by atoms with van der Waals surface area (Å²) in [5.74, 6) is -0.531. The molecule has 0 spiro atoms. The van der Waals surface area contributed by atoms with Crippen molar-refractivity contribution in [2.24, 2.45) is 11.8 Å². The van der Waals surface area contributed by atoms with Crippen LogP contribution in [0.2, 0.25) is 0 Å². The van der Waals surface area contributed by atoms with Crippen LogP contribution in [0.4, 0.5) is 13.6 Å². The molecule has 5 unspecified atom stereocenters. The van der Waals surface area contributed by atoms with Gasteiger partial charge in [-0.05, 0) is 66.3 Å². The second-order valence-electron chi connectivity index (χ2n) is 13.2. The normalized spacial score (nSPS) is 21.4. The number of fused-ring (bicyclic) bond motifs is 2. The lowest BCUT2D eigenvalue weighted by molar-refractivity contribution is -0.286. The Morgan fingerprint density at radius 1 is 1.06 bits per heavy atom. The largest absolute Gasteiger partial charge is 0.586 e. The molecule has 0 radical (unpaired) electrons. The molecule has 5 atom stereocenters. The van der Waals surface area contributed by atoms with E-state index < -0.39 is 59.2 Å². The number of amides is 1. The average molecular weight is 744 g/mol. The third-order valence-corrected chi connectivity index (χ3v) is 10.6. The zero-order chi connectivity index (χ0) is 37.0. The van der Waals surface area contributed by atoms with Crippen LogP contribution in [0.3, 0.4) is 0 Å². The summed E-state index contributed by atoms with van der Waals surface area (Å²) in [5.41, 5.74) is 2.02. The van der Waals surface area contributed by atoms with Gasteiger partial charge in [-0.1, -0.05) is 38.1 Å². The van der Waals surface area contributed by atoms with Crippen LogP contribution >= 0.6 is 0 Å². The summed E-state index contributed by atoms with van der Waals surface area (Å²) in [4.78, 5) is 12.9. The summed E-state index contributed by atoms with van der Waals surface area (Å²) in [6.07, 6.45) is -6.49. The smallest absolute Gasteiger partial charge is 0.489 e. The van der Waals surface area contributed by atoms with Gasteiger partial charge in [0, 0.05) is 19.2 Å². The van der Waals surface area contributed by atoms with Gasteiger partial charge in [0.15, 0.2) is 17.8 Å². The van der Waals surface area contributed by atoms with Gasteiger partial charge < -0.3 is 38.8 Å². The number of aliphatic hydroxyl groups is 1. The molecule has 278 valence electrons. The van der Waals surface area contributed by atoms with E-state index in [9.17, 15) is 27.1 Å². The summed E-state index contributed by atoms with van der Waals surface area (Å²) in [6.45, 7) is 3.95. The number of hydrogen-bond donors (Lipinski definition) is 2. The highest BCUT2D eigenvalue weighted by molar-refractivity contribution is 7.89. The zero-order valence-corrected chi connectivity index (χ0v) is 29.3. The van der Waals surface area contributed by atoms with E-state index in [2.05, 4.69) is 20.9 Å². The van der Waals surface area contributed by atoms with E-state index in [1.165, 1.54) is 0 Å². The first-order chi connectivity index (χ1) is 24.8. The summed E-state index contributed by atoms with van der Waals surface area (Å²) >= 11 is 0. The molecule has 0 aromatic heterocycles. The van der Waals surface area contributed by atoms with Crippen molar-refractivity contribution in [1.29, 1.82) is 5.26 Å². The first-order valence-electron chi connectivity index (χ1n) is 16.8. The van der Waals surface area contributed by atoms with Gasteiger partial charge in [0.2, 0.25) is 10.0 Å². The van der Waals surface area contributed by atoms with Crippen LogP contribution < -0.4 is 19.5 Å². The SMILES string of the molecule is CC(C)CN(CC(O)C(Cc1ccc(OCc2cccc(C#N)c2)cc1)NC(=O)OC1COC2OCCC12)S(=O)(=O)c1ccc2c(c1)OC(F)(F)O2. The van der Waals surface area contributed by atoms with E-state index in [1.54, 1.807) is 56.3 Å². The van der Waals surface area contributed by atoms with Crippen LogP contribution in [0.5, 0.6) is 17.2 Å².